The zero-order valence-corrected chi connectivity index (χ0v) is 23.2. The van der Waals surface area contributed by atoms with Gasteiger partial charge in [0.05, 0.1) is 7.11 Å². The number of carbonyl (C=O) groups is 2. The van der Waals surface area contributed by atoms with Gasteiger partial charge in [0, 0.05) is 59.0 Å². The lowest BCUT2D eigenvalue weighted by Gasteiger charge is -2.23. The highest BCUT2D eigenvalue weighted by Gasteiger charge is 2.23. The Morgan fingerprint density at radius 2 is 1.82 bits per heavy atom. The predicted molar refractivity (Wildman–Crippen MR) is 148 cm³/mol. The van der Waals surface area contributed by atoms with E-state index in [0.29, 0.717) is 59.5 Å². The van der Waals surface area contributed by atoms with Gasteiger partial charge in [0.15, 0.2) is 18.1 Å². The Bertz CT molecular complexity index is 1270. The fourth-order valence-electron chi connectivity index (χ4n) is 4.22. The lowest BCUT2D eigenvalue weighted by atomic mass is 10.1. The first kappa shape index (κ1) is 27.9. The van der Waals surface area contributed by atoms with E-state index >= 15 is 0 Å². The summed E-state index contributed by atoms with van der Waals surface area (Å²) in [5, 5.41) is 3.17. The van der Waals surface area contributed by atoms with Crippen molar-refractivity contribution in [3.8, 4) is 11.5 Å². The second-order valence-electron chi connectivity index (χ2n) is 8.83. The van der Waals surface area contributed by atoms with Gasteiger partial charge in [-0.1, -0.05) is 33.6 Å². The summed E-state index contributed by atoms with van der Waals surface area (Å²) < 4.78 is 26.2. The van der Waals surface area contributed by atoms with Crippen molar-refractivity contribution in [2.45, 2.75) is 13.0 Å². The number of amides is 2. The summed E-state index contributed by atoms with van der Waals surface area (Å²) in [6, 6.07) is 16.8. The van der Waals surface area contributed by atoms with E-state index in [9.17, 15) is 14.0 Å². The molecule has 200 valence electrons. The number of carbonyl (C=O) groups excluding carboxylic acids is 2. The third kappa shape index (κ3) is 7.24. The summed E-state index contributed by atoms with van der Waals surface area (Å²) in [7, 11) is 1.48. The van der Waals surface area contributed by atoms with Crippen LogP contribution in [0.15, 0.2) is 65.1 Å². The van der Waals surface area contributed by atoms with Gasteiger partial charge in [-0.15, -0.1) is 0 Å². The maximum Gasteiger partial charge on any atom is 0.262 e. The van der Waals surface area contributed by atoms with Gasteiger partial charge in [-0.05, 0) is 61.0 Å². The van der Waals surface area contributed by atoms with E-state index < -0.39 is 0 Å². The molecule has 1 N–H and O–H groups in total. The molecular weight excluding hydrogens is 577 g/mol. The molecule has 0 bridgehead atoms. The van der Waals surface area contributed by atoms with Gasteiger partial charge >= 0.3 is 0 Å². The predicted octanol–water partition coefficient (Wildman–Crippen LogP) is 5.62. The van der Waals surface area contributed by atoms with Crippen LogP contribution < -0.4 is 14.8 Å². The molecule has 1 aliphatic heterocycles. The van der Waals surface area contributed by atoms with Crippen molar-refractivity contribution in [2.75, 3.05) is 45.2 Å². The first-order valence-corrected chi connectivity index (χ1v) is 13.3. The summed E-state index contributed by atoms with van der Waals surface area (Å²) in [4.78, 5) is 29.4. The van der Waals surface area contributed by atoms with Gasteiger partial charge in [0.2, 0.25) is 0 Å². The van der Waals surface area contributed by atoms with E-state index in [2.05, 4.69) is 26.1 Å². The van der Waals surface area contributed by atoms with Crippen molar-refractivity contribution >= 4 is 45.0 Å². The van der Waals surface area contributed by atoms with Crippen LogP contribution in [0.2, 0.25) is 5.02 Å². The third-order valence-electron chi connectivity index (χ3n) is 6.22. The topological polar surface area (TPSA) is 71.1 Å². The molecule has 7 nitrogen and oxygen atoms in total. The molecule has 1 aliphatic rings. The SMILES string of the molecule is COc1cc(C(=O)N2CCCN(Cc3c(F)cccc3Cl)CC2)ccc1OCC(=O)Nc1ccc(Br)cc1. The summed E-state index contributed by atoms with van der Waals surface area (Å²) in [5.41, 5.74) is 1.58. The average Bonchev–Trinajstić information content (AvgIpc) is 3.16. The summed E-state index contributed by atoms with van der Waals surface area (Å²) in [6.07, 6.45) is 0.754. The fraction of sp³-hybridized carbons (Fsp3) is 0.286. The molecule has 2 amide bonds. The van der Waals surface area contributed by atoms with E-state index in [4.69, 9.17) is 21.1 Å². The Hall–Kier alpha value is -3.14. The quantitative estimate of drug-likeness (QED) is 0.362. The van der Waals surface area contributed by atoms with Gasteiger partial charge in [-0.2, -0.15) is 0 Å². The highest BCUT2D eigenvalue weighted by Crippen LogP contribution is 2.29. The number of hydrogen-bond acceptors (Lipinski definition) is 5. The van der Waals surface area contributed by atoms with Gasteiger partial charge in [-0.25, -0.2) is 4.39 Å². The molecule has 0 unspecified atom stereocenters. The Kier molecular flexibility index (Phi) is 9.60. The van der Waals surface area contributed by atoms with Crippen molar-refractivity contribution in [3.05, 3.63) is 87.1 Å². The number of nitrogens with one attached hydrogen (secondary N) is 1. The molecule has 3 aromatic rings. The molecule has 0 spiro atoms. The zero-order chi connectivity index (χ0) is 27.1. The zero-order valence-electron chi connectivity index (χ0n) is 20.9. The second-order valence-corrected chi connectivity index (χ2v) is 10.2. The monoisotopic (exact) mass is 603 g/mol. The molecule has 0 aliphatic carbocycles. The number of hydrogen-bond donors (Lipinski definition) is 1. The number of methoxy groups -OCH3 is 1. The minimum absolute atomic E-state index is 0.131. The lowest BCUT2D eigenvalue weighted by Crippen LogP contribution is -2.35. The van der Waals surface area contributed by atoms with Crippen LogP contribution in [0.1, 0.15) is 22.3 Å². The number of ether oxygens (including phenoxy) is 2. The van der Waals surface area contributed by atoms with Gasteiger partial charge in [0.1, 0.15) is 5.82 Å². The van der Waals surface area contributed by atoms with Crippen molar-refractivity contribution < 1.29 is 23.5 Å². The number of nitrogens with zero attached hydrogens (tertiary/aromatic N) is 2. The molecule has 0 radical (unpaired) electrons. The van der Waals surface area contributed by atoms with Gasteiger partial charge in [-0.3, -0.25) is 14.5 Å². The van der Waals surface area contributed by atoms with Crippen molar-refractivity contribution in [1.82, 2.24) is 9.80 Å². The minimum atomic E-state index is -0.324. The smallest absolute Gasteiger partial charge is 0.262 e. The maximum atomic E-state index is 14.2. The molecule has 38 heavy (non-hydrogen) atoms. The van der Waals surface area contributed by atoms with Gasteiger partial charge < -0.3 is 19.7 Å². The first-order chi connectivity index (χ1) is 18.3. The molecule has 0 atom stereocenters. The van der Waals surface area contributed by atoms with E-state index in [1.54, 1.807) is 47.4 Å². The summed E-state index contributed by atoms with van der Waals surface area (Å²) >= 11 is 9.55. The maximum absolute atomic E-state index is 14.2. The number of benzene rings is 3. The molecular formula is C28H28BrClFN3O4. The van der Waals surface area contributed by atoms with Crippen LogP contribution in [0.3, 0.4) is 0 Å². The van der Waals surface area contributed by atoms with Crippen molar-refractivity contribution in [1.29, 1.82) is 0 Å². The Balaban J connectivity index is 1.34. The Labute approximate surface area is 234 Å². The summed E-state index contributed by atoms with van der Waals surface area (Å²) in [5.74, 6) is -0.0550. The van der Waals surface area contributed by atoms with E-state index in [1.807, 2.05) is 12.1 Å². The van der Waals surface area contributed by atoms with E-state index in [0.717, 1.165) is 17.4 Å². The Morgan fingerprint density at radius 1 is 1.03 bits per heavy atom. The minimum Gasteiger partial charge on any atom is -0.493 e. The molecule has 1 fully saturated rings. The molecule has 0 aromatic heterocycles. The molecule has 1 heterocycles. The van der Waals surface area contributed by atoms with Crippen LogP contribution in [0, 0.1) is 5.82 Å². The number of rotatable bonds is 8. The Morgan fingerprint density at radius 3 is 2.55 bits per heavy atom. The van der Waals surface area contributed by atoms with E-state index in [-0.39, 0.29) is 24.2 Å². The first-order valence-electron chi connectivity index (χ1n) is 12.1. The number of anilines is 1. The average molecular weight is 605 g/mol. The van der Waals surface area contributed by atoms with Crippen LogP contribution in [0.5, 0.6) is 11.5 Å². The van der Waals surface area contributed by atoms with Crippen LogP contribution in [0.4, 0.5) is 10.1 Å². The van der Waals surface area contributed by atoms with E-state index in [1.165, 1.54) is 13.2 Å². The molecule has 4 rings (SSSR count). The molecule has 10 heteroatoms. The second kappa shape index (κ2) is 13.1. The normalized spacial score (nSPS) is 14.1. The van der Waals surface area contributed by atoms with Crippen LogP contribution in [-0.2, 0) is 11.3 Å². The highest BCUT2D eigenvalue weighted by atomic mass is 79.9. The van der Waals surface area contributed by atoms with Crippen LogP contribution in [-0.4, -0.2) is 61.5 Å². The molecule has 3 aromatic carbocycles. The number of halogens is 3. The summed E-state index contributed by atoms with van der Waals surface area (Å²) in [6.45, 7) is 2.59. The standard InChI is InChI=1S/C28H28BrClFN3O4/c1-37-26-16-19(6-11-25(26)38-18-27(35)32-21-9-7-20(29)8-10-21)28(36)34-13-3-12-33(14-15-34)17-22-23(30)4-2-5-24(22)31/h2,4-11,16H,3,12-15,17-18H2,1H3,(H,32,35). The van der Waals surface area contributed by atoms with Crippen molar-refractivity contribution in [2.24, 2.45) is 0 Å². The third-order valence-corrected chi connectivity index (χ3v) is 7.10. The molecule has 1 saturated heterocycles. The lowest BCUT2D eigenvalue weighted by molar-refractivity contribution is -0.118. The van der Waals surface area contributed by atoms with Crippen molar-refractivity contribution in [3.63, 3.8) is 0 Å². The fourth-order valence-corrected chi connectivity index (χ4v) is 4.70. The highest BCUT2D eigenvalue weighted by molar-refractivity contribution is 9.10. The van der Waals surface area contributed by atoms with Crippen LogP contribution in [0.25, 0.3) is 0 Å². The molecule has 0 saturated carbocycles. The largest absolute Gasteiger partial charge is 0.493 e. The van der Waals surface area contributed by atoms with Gasteiger partial charge in [0.25, 0.3) is 11.8 Å². The van der Waals surface area contributed by atoms with Crippen LogP contribution >= 0.6 is 27.5 Å².